The summed E-state index contributed by atoms with van der Waals surface area (Å²) in [6.45, 7) is 0.259. The highest BCUT2D eigenvalue weighted by Crippen LogP contribution is 2.31. The maximum absolute atomic E-state index is 12.6. The maximum atomic E-state index is 12.6. The van der Waals surface area contributed by atoms with Crippen LogP contribution in [0, 0.1) is 0 Å². The topological polar surface area (TPSA) is 50.9 Å². The van der Waals surface area contributed by atoms with Crippen molar-refractivity contribution in [2.75, 3.05) is 5.32 Å². The Kier molecular flexibility index (Phi) is 3.71. The lowest BCUT2D eigenvalue weighted by molar-refractivity contribution is -0.137. The minimum absolute atomic E-state index is 0.259. The lowest BCUT2D eigenvalue weighted by Gasteiger charge is -2.12. The quantitative estimate of drug-likeness (QED) is 0.897. The molecule has 19 heavy (non-hydrogen) atoms. The van der Waals surface area contributed by atoms with Crippen molar-refractivity contribution in [1.29, 1.82) is 0 Å². The molecule has 2 aromatic rings. The fraction of sp³-hybridized carbons (Fsp3) is 0.154. The summed E-state index contributed by atoms with van der Waals surface area (Å²) in [5.74, 6) is 0. The fourth-order valence-electron chi connectivity index (χ4n) is 1.64. The zero-order chi connectivity index (χ0) is 13.9. The summed E-state index contributed by atoms with van der Waals surface area (Å²) < 4.78 is 37.8. The predicted octanol–water partition coefficient (Wildman–Crippen LogP) is 3.30. The first-order valence-corrected chi connectivity index (χ1v) is 5.58. The molecule has 0 aliphatic heterocycles. The number of anilines is 2. The molecule has 0 radical (unpaired) electrons. The number of hydrogen-bond acceptors (Lipinski definition) is 3. The number of rotatable bonds is 3. The SMILES string of the molecule is NCc1cnccc1Nc1cccc(C(F)(F)F)c1. The van der Waals surface area contributed by atoms with Crippen LogP contribution in [0.3, 0.4) is 0 Å². The van der Waals surface area contributed by atoms with Gasteiger partial charge in [0.2, 0.25) is 0 Å². The molecule has 1 heterocycles. The van der Waals surface area contributed by atoms with Gasteiger partial charge < -0.3 is 11.1 Å². The van der Waals surface area contributed by atoms with Gasteiger partial charge in [0.25, 0.3) is 0 Å². The Bertz CT molecular complexity index is 567. The number of hydrogen-bond donors (Lipinski definition) is 2. The largest absolute Gasteiger partial charge is 0.416 e. The number of nitrogens with zero attached hydrogens (tertiary/aromatic N) is 1. The number of alkyl halides is 3. The van der Waals surface area contributed by atoms with Gasteiger partial charge in [-0.3, -0.25) is 4.98 Å². The second-order valence-electron chi connectivity index (χ2n) is 3.94. The Balaban J connectivity index is 2.29. The van der Waals surface area contributed by atoms with Crippen LogP contribution in [-0.4, -0.2) is 4.98 Å². The van der Waals surface area contributed by atoms with Gasteiger partial charge in [-0.1, -0.05) is 6.07 Å². The molecule has 0 atom stereocenters. The average molecular weight is 267 g/mol. The number of pyridine rings is 1. The smallest absolute Gasteiger partial charge is 0.355 e. The van der Waals surface area contributed by atoms with E-state index in [1.165, 1.54) is 6.07 Å². The normalized spacial score (nSPS) is 11.4. The standard InChI is InChI=1S/C13H12F3N3/c14-13(15,16)10-2-1-3-11(6-10)19-12-4-5-18-8-9(12)7-17/h1-6,8H,7,17H2,(H,18,19). The van der Waals surface area contributed by atoms with Crippen molar-refractivity contribution in [1.82, 2.24) is 4.98 Å². The highest BCUT2D eigenvalue weighted by molar-refractivity contribution is 5.63. The Morgan fingerprint density at radius 2 is 2.00 bits per heavy atom. The summed E-state index contributed by atoms with van der Waals surface area (Å²) in [6.07, 6.45) is -1.22. The van der Waals surface area contributed by atoms with Gasteiger partial charge >= 0.3 is 6.18 Å². The van der Waals surface area contributed by atoms with E-state index >= 15 is 0 Å². The third-order valence-corrected chi connectivity index (χ3v) is 2.59. The Labute approximate surface area is 108 Å². The predicted molar refractivity (Wildman–Crippen MR) is 66.9 cm³/mol. The van der Waals surface area contributed by atoms with Crippen LogP contribution >= 0.6 is 0 Å². The van der Waals surface area contributed by atoms with Gasteiger partial charge in [-0.2, -0.15) is 13.2 Å². The van der Waals surface area contributed by atoms with Crippen LogP contribution in [0.15, 0.2) is 42.7 Å². The van der Waals surface area contributed by atoms with Crippen molar-refractivity contribution in [3.8, 4) is 0 Å². The lowest BCUT2D eigenvalue weighted by atomic mass is 10.1. The molecule has 0 spiro atoms. The van der Waals surface area contributed by atoms with E-state index in [2.05, 4.69) is 10.3 Å². The number of halogens is 3. The van der Waals surface area contributed by atoms with E-state index < -0.39 is 11.7 Å². The van der Waals surface area contributed by atoms with Gasteiger partial charge in [0.05, 0.1) is 5.56 Å². The molecule has 0 saturated carbocycles. The van der Waals surface area contributed by atoms with E-state index in [-0.39, 0.29) is 6.54 Å². The first kappa shape index (κ1) is 13.4. The first-order valence-electron chi connectivity index (χ1n) is 5.58. The molecule has 0 aliphatic carbocycles. The molecule has 2 rings (SSSR count). The molecule has 3 nitrogen and oxygen atoms in total. The van der Waals surface area contributed by atoms with E-state index in [9.17, 15) is 13.2 Å². The Morgan fingerprint density at radius 3 is 2.68 bits per heavy atom. The van der Waals surface area contributed by atoms with E-state index in [0.29, 0.717) is 11.4 Å². The van der Waals surface area contributed by atoms with Gasteiger partial charge in [0, 0.05) is 35.9 Å². The highest BCUT2D eigenvalue weighted by Gasteiger charge is 2.30. The molecule has 0 unspecified atom stereocenters. The van der Waals surface area contributed by atoms with E-state index in [1.807, 2.05) is 0 Å². The van der Waals surface area contributed by atoms with Gasteiger partial charge in [-0.25, -0.2) is 0 Å². The molecule has 0 amide bonds. The van der Waals surface area contributed by atoms with Crippen LogP contribution in [-0.2, 0) is 12.7 Å². The summed E-state index contributed by atoms with van der Waals surface area (Å²) in [6, 6.07) is 6.68. The lowest BCUT2D eigenvalue weighted by Crippen LogP contribution is -2.06. The summed E-state index contributed by atoms with van der Waals surface area (Å²) in [5, 5.41) is 2.92. The summed E-state index contributed by atoms with van der Waals surface area (Å²) in [7, 11) is 0. The van der Waals surface area contributed by atoms with Crippen molar-refractivity contribution in [3.63, 3.8) is 0 Å². The summed E-state index contributed by atoms with van der Waals surface area (Å²) in [4.78, 5) is 3.91. The van der Waals surface area contributed by atoms with Crippen molar-refractivity contribution >= 4 is 11.4 Å². The van der Waals surface area contributed by atoms with Crippen molar-refractivity contribution in [2.45, 2.75) is 12.7 Å². The monoisotopic (exact) mass is 267 g/mol. The molecular weight excluding hydrogens is 255 g/mol. The second kappa shape index (κ2) is 5.27. The molecule has 1 aromatic carbocycles. The zero-order valence-electron chi connectivity index (χ0n) is 9.91. The van der Waals surface area contributed by atoms with E-state index in [1.54, 1.807) is 24.5 Å². The van der Waals surface area contributed by atoms with Crippen LogP contribution in [0.2, 0.25) is 0 Å². The van der Waals surface area contributed by atoms with Crippen LogP contribution in [0.5, 0.6) is 0 Å². The van der Waals surface area contributed by atoms with Crippen LogP contribution in [0.4, 0.5) is 24.5 Å². The van der Waals surface area contributed by atoms with E-state index in [4.69, 9.17) is 5.73 Å². The highest BCUT2D eigenvalue weighted by atomic mass is 19.4. The molecule has 0 aliphatic rings. The minimum atomic E-state index is -4.35. The van der Waals surface area contributed by atoms with Crippen molar-refractivity contribution in [2.24, 2.45) is 5.73 Å². The van der Waals surface area contributed by atoms with Crippen LogP contribution in [0.1, 0.15) is 11.1 Å². The molecular formula is C13H12F3N3. The van der Waals surface area contributed by atoms with E-state index in [0.717, 1.165) is 17.7 Å². The molecule has 3 N–H and O–H groups in total. The third-order valence-electron chi connectivity index (χ3n) is 2.59. The molecule has 0 saturated heterocycles. The molecule has 100 valence electrons. The Morgan fingerprint density at radius 1 is 1.21 bits per heavy atom. The number of aromatic nitrogens is 1. The maximum Gasteiger partial charge on any atom is 0.416 e. The second-order valence-corrected chi connectivity index (χ2v) is 3.94. The molecule has 0 bridgehead atoms. The number of benzene rings is 1. The third kappa shape index (κ3) is 3.23. The van der Waals surface area contributed by atoms with Crippen molar-refractivity contribution < 1.29 is 13.2 Å². The van der Waals surface area contributed by atoms with Gasteiger partial charge in [0.1, 0.15) is 0 Å². The van der Waals surface area contributed by atoms with Gasteiger partial charge in [-0.05, 0) is 24.3 Å². The Hall–Kier alpha value is -2.08. The van der Waals surface area contributed by atoms with Crippen molar-refractivity contribution in [3.05, 3.63) is 53.9 Å². The summed E-state index contributed by atoms with van der Waals surface area (Å²) in [5.41, 5.74) is 6.59. The van der Waals surface area contributed by atoms with Crippen LogP contribution in [0.25, 0.3) is 0 Å². The number of nitrogens with one attached hydrogen (secondary N) is 1. The fourth-order valence-corrected chi connectivity index (χ4v) is 1.64. The van der Waals surface area contributed by atoms with Crippen LogP contribution < -0.4 is 11.1 Å². The molecule has 6 heteroatoms. The first-order chi connectivity index (χ1) is 9.00. The minimum Gasteiger partial charge on any atom is -0.355 e. The average Bonchev–Trinajstić information content (AvgIpc) is 2.39. The summed E-state index contributed by atoms with van der Waals surface area (Å²) >= 11 is 0. The molecule has 1 aromatic heterocycles. The van der Waals surface area contributed by atoms with Gasteiger partial charge in [-0.15, -0.1) is 0 Å². The van der Waals surface area contributed by atoms with Gasteiger partial charge in [0.15, 0.2) is 0 Å². The molecule has 0 fully saturated rings. The number of nitrogens with two attached hydrogens (primary N) is 1. The zero-order valence-corrected chi connectivity index (χ0v) is 9.91.